The summed E-state index contributed by atoms with van der Waals surface area (Å²) in [5, 5.41) is 9.15. The number of aromatic amines is 1. The van der Waals surface area contributed by atoms with Crippen LogP contribution in [-0.2, 0) is 0 Å². The molecule has 1 aliphatic rings. The lowest BCUT2D eigenvalue weighted by atomic mass is 10.1. The molecule has 0 saturated carbocycles. The number of pyridine rings is 1. The Labute approximate surface area is 90.4 Å². The molecule has 1 fully saturated rings. The Bertz CT molecular complexity index is 412. The molecule has 1 aromatic heterocycles. The second-order valence-corrected chi connectivity index (χ2v) is 4.16. The first-order chi connectivity index (χ1) is 7.22. The average Bonchev–Trinajstić information content (AvgIpc) is 2.69. The third kappa shape index (κ3) is 1.80. The molecule has 15 heavy (non-hydrogen) atoms. The number of H-pyrrole nitrogens is 1. The number of nitrogens with zero attached hydrogens (tertiary/aromatic N) is 2. The predicted octanol–water partition coefficient (Wildman–Crippen LogP) is 1.59. The van der Waals surface area contributed by atoms with Crippen LogP contribution in [0.2, 0.25) is 0 Å². The molecule has 0 aromatic carbocycles. The Morgan fingerprint density at radius 3 is 2.60 bits per heavy atom. The van der Waals surface area contributed by atoms with E-state index in [2.05, 4.69) is 16.0 Å². The molecule has 1 aromatic rings. The Morgan fingerprint density at radius 1 is 1.33 bits per heavy atom. The number of aromatic nitrogens is 1. The van der Waals surface area contributed by atoms with Crippen LogP contribution in [0.1, 0.15) is 29.7 Å². The van der Waals surface area contributed by atoms with Gasteiger partial charge < -0.3 is 0 Å². The van der Waals surface area contributed by atoms with Gasteiger partial charge in [-0.1, -0.05) is 0 Å². The van der Waals surface area contributed by atoms with E-state index < -0.39 is 0 Å². The van der Waals surface area contributed by atoms with Gasteiger partial charge in [0.05, 0.1) is 18.8 Å². The van der Waals surface area contributed by atoms with Gasteiger partial charge in [-0.2, -0.15) is 5.26 Å². The van der Waals surface area contributed by atoms with Crippen LogP contribution < -0.4 is 9.88 Å². The van der Waals surface area contributed by atoms with E-state index in [1.165, 1.54) is 12.8 Å². The molecular weight excluding hydrogens is 186 g/mol. The molecule has 0 unspecified atom stereocenters. The number of anilines is 1. The van der Waals surface area contributed by atoms with E-state index in [4.69, 9.17) is 5.26 Å². The maximum atomic E-state index is 9.15. The Morgan fingerprint density at radius 2 is 2.00 bits per heavy atom. The van der Waals surface area contributed by atoms with Crippen molar-refractivity contribution in [1.82, 2.24) is 0 Å². The molecule has 2 rings (SSSR count). The van der Waals surface area contributed by atoms with E-state index in [0.717, 1.165) is 35.7 Å². The molecule has 3 nitrogen and oxygen atoms in total. The van der Waals surface area contributed by atoms with Crippen LogP contribution in [0.25, 0.3) is 0 Å². The quantitative estimate of drug-likeness (QED) is 0.694. The van der Waals surface area contributed by atoms with Crippen molar-refractivity contribution in [3.8, 4) is 6.07 Å². The van der Waals surface area contributed by atoms with Gasteiger partial charge in [0.2, 0.25) is 0 Å². The van der Waals surface area contributed by atoms with Gasteiger partial charge >= 0.3 is 0 Å². The number of rotatable bonds is 1. The van der Waals surface area contributed by atoms with E-state index in [-0.39, 0.29) is 0 Å². The molecule has 2 heterocycles. The lowest BCUT2D eigenvalue weighted by molar-refractivity contribution is -0.373. The molecule has 1 N–H and O–H groups in total. The summed E-state index contributed by atoms with van der Waals surface area (Å²) in [6.45, 7) is 6.16. The molecule has 0 amide bonds. The van der Waals surface area contributed by atoms with Crippen molar-refractivity contribution in [2.75, 3.05) is 18.0 Å². The molecule has 0 aliphatic carbocycles. The largest absolute Gasteiger partial charge is 0.292 e. The van der Waals surface area contributed by atoms with Crippen molar-refractivity contribution < 1.29 is 4.98 Å². The third-order valence-corrected chi connectivity index (χ3v) is 2.91. The second-order valence-electron chi connectivity index (χ2n) is 4.16. The van der Waals surface area contributed by atoms with Crippen molar-refractivity contribution in [2.24, 2.45) is 0 Å². The van der Waals surface area contributed by atoms with Crippen LogP contribution in [0, 0.1) is 25.2 Å². The first-order valence-electron chi connectivity index (χ1n) is 5.41. The lowest BCUT2D eigenvalue weighted by Crippen LogP contribution is -2.28. The standard InChI is InChI=1S/C12H15N3/c1-9-7-10(2)14-12(11(9)8-13)15-5-3-4-6-15/h7H,3-6H2,1-2H3/p+1. The minimum Gasteiger partial charge on any atom is -0.261 e. The Hall–Kier alpha value is -1.56. The second kappa shape index (κ2) is 3.90. The summed E-state index contributed by atoms with van der Waals surface area (Å²) >= 11 is 0. The van der Waals surface area contributed by atoms with E-state index >= 15 is 0 Å². The normalized spacial score (nSPS) is 15.4. The summed E-state index contributed by atoms with van der Waals surface area (Å²) in [6.07, 6.45) is 2.46. The Kier molecular flexibility index (Phi) is 2.59. The van der Waals surface area contributed by atoms with Gasteiger partial charge in [-0.05, 0) is 38.3 Å². The maximum Gasteiger partial charge on any atom is 0.292 e. The van der Waals surface area contributed by atoms with Crippen molar-refractivity contribution >= 4 is 5.82 Å². The summed E-state index contributed by atoms with van der Waals surface area (Å²) in [5.41, 5.74) is 2.98. The topological polar surface area (TPSA) is 41.2 Å². The molecule has 0 bridgehead atoms. The fourth-order valence-electron chi connectivity index (χ4n) is 2.19. The van der Waals surface area contributed by atoms with Crippen molar-refractivity contribution in [2.45, 2.75) is 26.7 Å². The summed E-state index contributed by atoms with van der Waals surface area (Å²) in [6, 6.07) is 4.32. The molecular formula is C12H16N3+. The molecule has 0 radical (unpaired) electrons. The molecule has 3 heteroatoms. The van der Waals surface area contributed by atoms with Crippen molar-refractivity contribution in [3.63, 3.8) is 0 Å². The van der Waals surface area contributed by atoms with Gasteiger partial charge in [0.25, 0.3) is 5.82 Å². The minimum atomic E-state index is 0.794. The van der Waals surface area contributed by atoms with Crippen LogP contribution in [0.3, 0.4) is 0 Å². The lowest BCUT2D eigenvalue weighted by Gasteiger charge is -2.11. The Balaban J connectivity index is 2.48. The van der Waals surface area contributed by atoms with Crippen molar-refractivity contribution in [1.29, 1.82) is 5.26 Å². The zero-order chi connectivity index (χ0) is 10.8. The first-order valence-corrected chi connectivity index (χ1v) is 5.41. The third-order valence-electron chi connectivity index (χ3n) is 2.91. The number of nitrogens with one attached hydrogen (secondary N) is 1. The number of hydrogen-bond acceptors (Lipinski definition) is 2. The van der Waals surface area contributed by atoms with Crippen LogP contribution >= 0.6 is 0 Å². The van der Waals surface area contributed by atoms with E-state index in [1.807, 2.05) is 19.9 Å². The first kappa shape index (κ1) is 9.97. The summed E-state index contributed by atoms with van der Waals surface area (Å²) in [7, 11) is 0. The molecule has 0 atom stereocenters. The highest BCUT2D eigenvalue weighted by atomic mass is 15.2. The highest BCUT2D eigenvalue weighted by molar-refractivity contribution is 5.54. The van der Waals surface area contributed by atoms with Gasteiger partial charge in [0.15, 0.2) is 0 Å². The SMILES string of the molecule is Cc1cc(C)c(C#N)c(N2CCCC2)[nH+]1. The molecule has 78 valence electrons. The number of hydrogen-bond donors (Lipinski definition) is 0. The predicted molar refractivity (Wildman–Crippen MR) is 58.6 cm³/mol. The van der Waals surface area contributed by atoms with Gasteiger partial charge in [0.1, 0.15) is 11.6 Å². The van der Waals surface area contributed by atoms with E-state index in [1.54, 1.807) is 0 Å². The fourth-order valence-corrected chi connectivity index (χ4v) is 2.19. The molecule has 1 aliphatic heterocycles. The van der Waals surface area contributed by atoms with Crippen LogP contribution in [0.5, 0.6) is 0 Å². The van der Waals surface area contributed by atoms with Crippen LogP contribution in [-0.4, -0.2) is 13.1 Å². The maximum absolute atomic E-state index is 9.15. The van der Waals surface area contributed by atoms with Crippen LogP contribution in [0.15, 0.2) is 6.07 Å². The van der Waals surface area contributed by atoms with Gasteiger partial charge in [-0.25, -0.2) is 4.98 Å². The molecule has 1 saturated heterocycles. The van der Waals surface area contributed by atoms with E-state index in [0.29, 0.717) is 0 Å². The number of nitriles is 1. The van der Waals surface area contributed by atoms with Gasteiger partial charge in [0, 0.05) is 0 Å². The average molecular weight is 202 g/mol. The zero-order valence-electron chi connectivity index (χ0n) is 9.30. The van der Waals surface area contributed by atoms with Gasteiger partial charge in [-0.3, -0.25) is 4.90 Å². The van der Waals surface area contributed by atoms with Crippen LogP contribution in [0.4, 0.5) is 5.82 Å². The number of aryl methyl sites for hydroxylation is 2. The van der Waals surface area contributed by atoms with E-state index in [9.17, 15) is 0 Å². The molecule has 0 spiro atoms. The minimum absolute atomic E-state index is 0.794. The smallest absolute Gasteiger partial charge is 0.261 e. The summed E-state index contributed by atoms with van der Waals surface area (Å²) < 4.78 is 0. The van der Waals surface area contributed by atoms with Crippen molar-refractivity contribution in [3.05, 3.63) is 22.9 Å². The summed E-state index contributed by atoms with van der Waals surface area (Å²) in [5.74, 6) is 1.01. The fraction of sp³-hybridized carbons (Fsp3) is 0.500. The summed E-state index contributed by atoms with van der Waals surface area (Å²) in [4.78, 5) is 5.59. The highest BCUT2D eigenvalue weighted by Crippen LogP contribution is 2.21. The zero-order valence-corrected chi connectivity index (χ0v) is 9.30. The highest BCUT2D eigenvalue weighted by Gasteiger charge is 2.25. The van der Waals surface area contributed by atoms with Gasteiger partial charge in [-0.15, -0.1) is 0 Å². The monoisotopic (exact) mass is 202 g/mol.